The molecule has 1 saturated heterocycles. The van der Waals surface area contributed by atoms with Gasteiger partial charge < -0.3 is 10.2 Å². The van der Waals surface area contributed by atoms with Gasteiger partial charge in [0.1, 0.15) is 5.52 Å². The van der Waals surface area contributed by atoms with E-state index in [9.17, 15) is 8.42 Å². The van der Waals surface area contributed by atoms with Crippen molar-refractivity contribution in [3.05, 3.63) is 24.1 Å². The Balaban J connectivity index is 1.81. The highest BCUT2D eigenvalue weighted by molar-refractivity contribution is 7.91. The molecule has 0 bridgehead atoms. The number of rotatable bonds is 2. The minimum Gasteiger partial charge on any atom is -0.439 e. The van der Waals surface area contributed by atoms with Gasteiger partial charge in [-0.2, -0.15) is 0 Å². The van der Waals surface area contributed by atoms with Crippen molar-refractivity contribution in [1.82, 2.24) is 9.88 Å². The molecule has 108 valence electrons. The SMILES string of the molecule is CC1CS(=O)(=O)CCN1Cc1nc2c(N)cccc2o1. The molecule has 0 amide bonds. The Morgan fingerprint density at radius 2 is 2.30 bits per heavy atom. The number of anilines is 1. The fourth-order valence-corrected chi connectivity index (χ4v) is 4.15. The number of hydrogen-bond acceptors (Lipinski definition) is 6. The lowest BCUT2D eigenvalue weighted by Crippen LogP contribution is -2.46. The lowest BCUT2D eigenvalue weighted by atomic mass is 10.3. The molecular formula is C13H17N3O3S. The van der Waals surface area contributed by atoms with Gasteiger partial charge in [0.2, 0.25) is 5.89 Å². The summed E-state index contributed by atoms with van der Waals surface area (Å²) in [7, 11) is -2.90. The number of para-hydroxylation sites is 1. The summed E-state index contributed by atoms with van der Waals surface area (Å²) >= 11 is 0. The third-order valence-corrected chi connectivity index (χ3v) is 5.44. The molecule has 1 atom stereocenters. The summed E-state index contributed by atoms with van der Waals surface area (Å²) in [5, 5.41) is 0. The van der Waals surface area contributed by atoms with Gasteiger partial charge >= 0.3 is 0 Å². The quantitative estimate of drug-likeness (QED) is 0.832. The molecule has 3 rings (SSSR count). The van der Waals surface area contributed by atoms with Gasteiger partial charge in [0.25, 0.3) is 0 Å². The normalized spacial score (nSPS) is 23.1. The molecule has 7 heteroatoms. The lowest BCUT2D eigenvalue weighted by Gasteiger charge is -2.31. The second-order valence-electron chi connectivity index (χ2n) is 5.24. The molecule has 1 aromatic heterocycles. The second kappa shape index (κ2) is 4.75. The van der Waals surface area contributed by atoms with Crippen molar-refractivity contribution in [1.29, 1.82) is 0 Å². The third kappa shape index (κ3) is 2.51. The fraction of sp³-hybridized carbons (Fsp3) is 0.462. The van der Waals surface area contributed by atoms with E-state index in [1.807, 2.05) is 19.1 Å². The molecule has 1 aliphatic heterocycles. The molecule has 20 heavy (non-hydrogen) atoms. The van der Waals surface area contributed by atoms with Crippen molar-refractivity contribution in [2.24, 2.45) is 0 Å². The molecule has 2 heterocycles. The first-order valence-electron chi connectivity index (χ1n) is 6.53. The summed E-state index contributed by atoms with van der Waals surface area (Å²) in [6, 6.07) is 5.40. The van der Waals surface area contributed by atoms with Crippen LogP contribution in [0.1, 0.15) is 12.8 Å². The van der Waals surface area contributed by atoms with E-state index in [0.29, 0.717) is 35.8 Å². The van der Waals surface area contributed by atoms with Gasteiger partial charge in [-0.3, -0.25) is 4.90 Å². The zero-order valence-corrected chi connectivity index (χ0v) is 12.1. The summed E-state index contributed by atoms with van der Waals surface area (Å²) in [6.07, 6.45) is 0. The molecule has 2 aromatic rings. The first-order valence-corrected chi connectivity index (χ1v) is 8.35. The molecule has 1 unspecified atom stereocenters. The predicted molar refractivity (Wildman–Crippen MR) is 76.9 cm³/mol. The molecule has 1 aliphatic rings. The highest BCUT2D eigenvalue weighted by atomic mass is 32.2. The molecule has 2 N–H and O–H groups in total. The second-order valence-corrected chi connectivity index (χ2v) is 7.46. The van der Waals surface area contributed by atoms with Crippen molar-refractivity contribution >= 4 is 26.6 Å². The monoisotopic (exact) mass is 295 g/mol. The van der Waals surface area contributed by atoms with Crippen LogP contribution < -0.4 is 5.73 Å². The van der Waals surface area contributed by atoms with Crippen LogP contribution in [0.15, 0.2) is 22.6 Å². The molecule has 6 nitrogen and oxygen atoms in total. The van der Waals surface area contributed by atoms with E-state index in [-0.39, 0.29) is 17.5 Å². The van der Waals surface area contributed by atoms with Gasteiger partial charge in [0, 0.05) is 12.6 Å². The Hall–Kier alpha value is -1.60. The van der Waals surface area contributed by atoms with Gasteiger partial charge in [0.15, 0.2) is 15.4 Å². The van der Waals surface area contributed by atoms with Crippen LogP contribution in [-0.2, 0) is 16.4 Å². The third-order valence-electron chi connectivity index (χ3n) is 3.64. The number of aromatic nitrogens is 1. The van der Waals surface area contributed by atoms with Crippen LogP contribution in [-0.4, -0.2) is 42.4 Å². The Bertz CT molecular complexity index is 738. The highest BCUT2D eigenvalue weighted by Gasteiger charge is 2.29. The molecule has 1 aromatic carbocycles. The topological polar surface area (TPSA) is 89.4 Å². The standard InChI is InChI=1S/C13H17N3O3S/c1-9-8-20(17,18)6-5-16(9)7-12-15-13-10(14)3-2-4-11(13)19-12/h2-4,9H,5-8,14H2,1H3. The number of nitrogens with zero attached hydrogens (tertiary/aromatic N) is 2. The van der Waals surface area contributed by atoms with E-state index in [2.05, 4.69) is 9.88 Å². The van der Waals surface area contributed by atoms with Crippen LogP contribution in [0.2, 0.25) is 0 Å². The van der Waals surface area contributed by atoms with Crippen molar-refractivity contribution in [2.75, 3.05) is 23.8 Å². The predicted octanol–water partition coefficient (Wildman–Crippen LogP) is 1.03. The van der Waals surface area contributed by atoms with Crippen molar-refractivity contribution in [2.45, 2.75) is 19.5 Å². The number of nitrogen functional groups attached to an aromatic ring is 1. The number of nitrogens with two attached hydrogens (primary N) is 1. The number of hydrogen-bond donors (Lipinski definition) is 1. The van der Waals surface area contributed by atoms with Crippen LogP contribution in [0.3, 0.4) is 0 Å². The highest BCUT2D eigenvalue weighted by Crippen LogP contribution is 2.23. The minimum atomic E-state index is -2.90. The lowest BCUT2D eigenvalue weighted by molar-refractivity contribution is 0.199. The first kappa shape index (κ1) is 13.4. The molecule has 0 radical (unpaired) electrons. The first-order chi connectivity index (χ1) is 9.44. The number of sulfone groups is 1. The van der Waals surface area contributed by atoms with Gasteiger partial charge in [-0.25, -0.2) is 13.4 Å². The Kier molecular flexibility index (Phi) is 3.18. The molecule has 0 saturated carbocycles. The molecule has 0 aliphatic carbocycles. The summed E-state index contributed by atoms with van der Waals surface area (Å²) < 4.78 is 28.8. The largest absolute Gasteiger partial charge is 0.439 e. The average Bonchev–Trinajstić information content (AvgIpc) is 2.76. The van der Waals surface area contributed by atoms with Crippen molar-refractivity contribution in [3.8, 4) is 0 Å². The maximum atomic E-state index is 11.6. The van der Waals surface area contributed by atoms with Crippen LogP contribution in [0.5, 0.6) is 0 Å². The van der Waals surface area contributed by atoms with Gasteiger partial charge in [-0.15, -0.1) is 0 Å². The van der Waals surface area contributed by atoms with Gasteiger partial charge in [0.05, 0.1) is 23.7 Å². The zero-order chi connectivity index (χ0) is 14.3. The minimum absolute atomic E-state index is 0.0268. The Labute approximate surface area is 117 Å². The molecule has 1 fully saturated rings. The Morgan fingerprint density at radius 1 is 1.50 bits per heavy atom. The van der Waals surface area contributed by atoms with Crippen LogP contribution >= 0.6 is 0 Å². The maximum Gasteiger partial charge on any atom is 0.209 e. The fourth-order valence-electron chi connectivity index (χ4n) is 2.52. The maximum absolute atomic E-state index is 11.6. The number of oxazole rings is 1. The molecular weight excluding hydrogens is 278 g/mol. The zero-order valence-electron chi connectivity index (χ0n) is 11.2. The van der Waals surface area contributed by atoms with Crippen molar-refractivity contribution in [3.63, 3.8) is 0 Å². The van der Waals surface area contributed by atoms with Gasteiger partial charge in [-0.1, -0.05) is 6.07 Å². The summed E-state index contributed by atoms with van der Waals surface area (Å²) in [5.41, 5.74) is 7.77. The van der Waals surface area contributed by atoms with Crippen LogP contribution in [0, 0.1) is 0 Å². The van der Waals surface area contributed by atoms with E-state index in [1.54, 1.807) is 6.07 Å². The van der Waals surface area contributed by atoms with E-state index in [0.717, 1.165) is 0 Å². The number of fused-ring (bicyclic) bond motifs is 1. The number of benzene rings is 1. The Morgan fingerprint density at radius 3 is 3.00 bits per heavy atom. The van der Waals surface area contributed by atoms with Crippen molar-refractivity contribution < 1.29 is 12.8 Å². The van der Waals surface area contributed by atoms with Gasteiger partial charge in [-0.05, 0) is 19.1 Å². The molecule has 0 spiro atoms. The van der Waals surface area contributed by atoms with E-state index < -0.39 is 9.84 Å². The summed E-state index contributed by atoms with van der Waals surface area (Å²) in [4.78, 5) is 6.47. The van der Waals surface area contributed by atoms with E-state index in [1.165, 1.54) is 0 Å². The smallest absolute Gasteiger partial charge is 0.209 e. The van der Waals surface area contributed by atoms with E-state index in [4.69, 9.17) is 10.2 Å². The summed E-state index contributed by atoms with van der Waals surface area (Å²) in [5.74, 6) is 0.957. The van der Waals surface area contributed by atoms with Crippen LogP contribution in [0.25, 0.3) is 11.1 Å². The van der Waals surface area contributed by atoms with E-state index >= 15 is 0 Å². The van der Waals surface area contributed by atoms with Crippen LogP contribution in [0.4, 0.5) is 5.69 Å². The average molecular weight is 295 g/mol. The summed E-state index contributed by atoms with van der Waals surface area (Å²) in [6.45, 7) is 2.93.